The Balaban J connectivity index is 1.60. The molecule has 130 valence electrons. The van der Waals surface area contributed by atoms with Gasteiger partial charge in [0, 0.05) is 12.2 Å². The van der Waals surface area contributed by atoms with Gasteiger partial charge >= 0.3 is 0 Å². The van der Waals surface area contributed by atoms with Gasteiger partial charge in [0.1, 0.15) is 18.5 Å². The number of aliphatic hydroxyl groups is 1. The smallest absolute Gasteiger partial charge is 0.236 e. The fourth-order valence-electron chi connectivity index (χ4n) is 3.43. The third-order valence-electron chi connectivity index (χ3n) is 4.81. The van der Waals surface area contributed by atoms with Gasteiger partial charge in [0.15, 0.2) is 0 Å². The molecule has 0 aromatic heterocycles. The number of ether oxygens (including phenoxy) is 1. The molecule has 3 rings (SSSR count). The molecule has 2 heterocycles. The molecule has 0 aliphatic carbocycles. The van der Waals surface area contributed by atoms with E-state index in [1.807, 2.05) is 32.0 Å². The van der Waals surface area contributed by atoms with Gasteiger partial charge in [0.05, 0.1) is 12.0 Å². The molecule has 2 unspecified atom stereocenters. The Morgan fingerprint density at radius 3 is 2.67 bits per heavy atom. The monoisotopic (exact) mass is 349 g/mol. The van der Waals surface area contributed by atoms with Crippen LogP contribution in [0.25, 0.3) is 0 Å². The van der Waals surface area contributed by atoms with Gasteiger partial charge < -0.3 is 9.84 Å². The quantitative estimate of drug-likeness (QED) is 0.823. The number of imide groups is 1. The number of β-amino-alcohol motifs (C(OH)–C–C–N with tert-alkyl or cyclic N) is 1. The molecular formula is C18H23NO4S. The van der Waals surface area contributed by atoms with Crippen LogP contribution < -0.4 is 4.74 Å². The Bertz CT molecular complexity index is 634. The first-order valence-electron chi connectivity index (χ1n) is 8.22. The zero-order valence-electron chi connectivity index (χ0n) is 14.1. The van der Waals surface area contributed by atoms with Crippen molar-refractivity contribution in [3.63, 3.8) is 0 Å². The lowest BCUT2D eigenvalue weighted by atomic mass is 9.86. The lowest BCUT2D eigenvalue weighted by Crippen LogP contribution is -2.42. The Morgan fingerprint density at radius 2 is 2.04 bits per heavy atom. The molecule has 2 saturated heterocycles. The molecule has 1 aromatic rings. The van der Waals surface area contributed by atoms with Crippen LogP contribution in [0.2, 0.25) is 0 Å². The number of carbonyl (C=O) groups is 2. The second-order valence-corrected chi connectivity index (χ2v) is 7.86. The maximum absolute atomic E-state index is 12.6. The third kappa shape index (κ3) is 3.17. The Morgan fingerprint density at radius 1 is 1.33 bits per heavy atom. The molecule has 6 heteroatoms. The summed E-state index contributed by atoms with van der Waals surface area (Å²) in [6.07, 6.45) is 0.151. The number of para-hydroxylation sites is 1. The molecule has 2 atom stereocenters. The number of amides is 2. The third-order valence-corrected chi connectivity index (χ3v) is 6.06. The van der Waals surface area contributed by atoms with Crippen molar-refractivity contribution >= 4 is 23.6 Å². The van der Waals surface area contributed by atoms with Crippen molar-refractivity contribution in [1.29, 1.82) is 0 Å². The summed E-state index contributed by atoms with van der Waals surface area (Å²) in [7, 11) is 0. The number of carbonyl (C=O) groups excluding carboxylic acids is 2. The number of aliphatic hydroxyl groups excluding tert-OH is 1. The van der Waals surface area contributed by atoms with E-state index in [4.69, 9.17) is 4.74 Å². The lowest BCUT2D eigenvalue weighted by Gasteiger charge is -2.23. The van der Waals surface area contributed by atoms with Crippen molar-refractivity contribution < 1.29 is 19.4 Å². The molecule has 1 spiro atoms. The average Bonchev–Trinajstić information content (AvgIpc) is 3.08. The van der Waals surface area contributed by atoms with Gasteiger partial charge in [0.2, 0.25) is 11.8 Å². The maximum atomic E-state index is 12.6. The van der Waals surface area contributed by atoms with Crippen LogP contribution in [-0.2, 0) is 9.59 Å². The van der Waals surface area contributed by atoms with E-state index in [0.29, 0.717) is 5.75 Å². The van der Waals surface area contributed by atoms with Crippen molar-refractivity contribution in [2.45, 2.75) is 32.8 Å². The SMILES string of the molecule is Cc1cccc(C)c1OCC(O)CN1C(=O)CC2(CCSC2)C1=O. The highest BCUT2D eigenvalue weighted by molar-refractivity contribution is 7.99. The molecule has 2 aliphatic heterocycles. The van der Waals surface area contributed by atoms with Crippen LogP contribution in [0.4, 0.5) is 0 Å². The van der Waals surface area contributed by atoms with Gasteiger partial charge in [0.25, 0.3) is 0 Å². The first-order chi connectivity index (χ1) is 11.4. The van der Waals surface area contributed by atoms with E-state index in [9.17, 15) is 14.7 Å². The Labute approximate surface area is 146 Å². The molecule has 1 aromatic carbocycles. The van der Waals surface area contributed by atoms with Gasteiger partial charge in [-0.05, 0) is 37.1 Å². The van der Waals surface area contributed by atoms with Crippen molar-refractivity contribution in [2.75, 3.05) is 24.7 Å². The minimum absolute atomic E-state index is 0.00894. The summed E-state index contributed by atoms with van der Waals surface area (Å²) < 4.78 is 5.72. The molecule has 2 amide bonds. The summed E-state index contributed by atoms with van der Waals surface area (Å²) in [5.41, 5.74) is 1.48. The molecule has 5 nitrogen and oxygen atoms in total. The summed E-state index contributed by atoms with van der Waals surface area (Å²) in [5.74, 6) is 2.09. The topological polar surface area (TPSA) is 66.8 Å². The fraction of sp³-hybridized carbons (Fsp3) is 0.556. The maximum Gasteiger partial charge on any atom is 0.236 e. The van der Waals surface area contributed by atoms with Crippen molar-refractivity contribution in [2.24, 2.45) is 5.41 Å². The number of rotatable bonds is 5. The van der Waals surface area contributed by atoms with Crippen molar-refractivity contribution in [1.82, 2.24) is 4.90 Å². The van der Waals surface area contributed by atoms with Crippen LogP contribution in [0.5, 0.6) is 5.75 Å². The number of thioether (sulfide) groups is 1. The van der Waals surface area contributed by atoms with E-state index in [-0.39, 0.29) is 31.4 Å². The lowest BCUT2D eigenvalue weighted by molar-refractivity contribution is -0.142. The van der Waals surface area contributed by atoms with Crippen LogP contribution in [0.1, 0.15) is 24.0 Å². The highest BCUT2D eigenvalue weighted by Gasteiger charge is 2.53. The van der Waals surface area contributed by atoms with E-state index in [1.165, 1.54) is 4.90 Å². The number of aryl methyl sites for hydroxylation is 2. The van der Waals surface area contributed by atoms with Crippen molar-refractivity contribution in [3.05, 3.63) is 29.3 Å². The van der Waals surface area contributed by atoms with E-state index in [0.717, 1.165) is 29.1 Å². The average molecular weight is 349 g/mol. The van der Waals surface area contributed by atoms with Crippen LogP contribution in [-0.4, -0.2) is 52.6 Å². The summed E-state index contributed by atoms with van der Waals surface area (Å²) in [5, 5.41) is 10.2. The van der Waals surface area contributed by atoms with Crippen LogP contribution in [0.3, 0.4) is 0 Å². The standard InChI is InChI=1S/C18H23NO4S/c1-12-4-3-5-13(2)16(12)23-10-14(20)9-19-15(21)8-18(17(19)22)6-7-24-11-18/h3-5,14,20H,6-11H2,1-2H3. The minimum Gasteiger partial charge on any atom is -0.490 e. The number of hydrogen-bond donors (Lipinski definition) is 1. The molecule has 0 radical (unpaired) electrons. The van der Waals surface area contributed by atoms with E-state index in [1.54, 1.807) is 11.8 Å². The van der Waals surface area contributed by atoms with Gasteiger partial charge in [-0.15, -0.1) is 0 Å². The molecule has 1 N–H and O–H groups in total. The normalized spacial score (nSPS) is 24.9. The first-order valence-corrected chi connectivity index (χ1v) is 9.38. The molecular weight excluding hydrogens is 326 g/mol. The zero-order chi connectivity index (χ0) is 17.3. The summed E-state index contributed by atoms with van der Waals surface area (Å²) >= 11 is 1.72. The molecule has 0 bridgehead atoms. The van der Waals surface area contributed by atoms with Gasteiger partial charge in [-0.2, -0.15) is 11.8 Å². The fourth-order valence-corrected chi connectivity index (χ4v) is 4.87. The molecule has 24 heavy (non-hydrogen) atoms. The highest BCUT2D eigenvalue weighted by atomic mass is 32.2. The van der Waals surface area contributed by atoms with Gasteiger partial charge in [-0.25, -0.2) is 0 Å². The second kappa shape index (κ2) is 6.76. The van der Waals surface area contributed by atoms with Gasteiger partial charge in [-0.1, -0.05) is 18.2 Å². The predicted octanol–water partition coefficient (Wildman–Crippen LogP) is 1.93. The summed E-state index contributed by atoms with van der Waals surface area (Å²) in [4.78, 5) is 26.0. The summed E-state index contributed by atoms with van der Waals surface area (Å²) in [6, 6.07) is 5.85. The van der Waals surface area contributed by atoms with Crippen molar-refractivity contribution in [3.8, 4) is 5.75 Å². The number of nitrogens with zero attached hydrogens (tertiary/aromatic N) is 1. The Kier molecular flexibility index (Phi) is 4.88. The molecule has 0 saturated carbocycles. The zero-order valence-corrected chi connectivity index (χ0v) is 14.9. The van der Waals surface area contributed by atoms with E-state index < -0.39 is 11.5 Å². The van der Waals surface area contributed by atoms with Gasteiger partial charge in [-0.3, -0.25) is 14.5 Å². The molecule has 2 fully saturated rings. The van der Waals surface area contributed by atoms with Crippen LogP contribution in [0.15, 0.2) is 18.2 Å². The van der Waals surface area contributed by atoms with Crippen LogP contribution >= 0.6 is 11.8 Å². The largest absolute Gasteiger partial charge is 0.490 e. The van der Waals surface area contributed by atoms with Crippen LogP contribution in [0, 0.1) is 19.3 Å². The predicted molar refractivity (Wildman–Crippen MR) is 93.1 cm³/mol. The number of likely N-dealkylation sites (tertiary alicyclic amines) is 1. The first kappa shape index (κ1) is 17.3. The number of hydrogen-bond acceptors (Lipinski definition) is 5. The second-order valence-electron chi connectivity index (χ2n) is 6.75. The Hall–Kier alpha value is -1.53. The summed E-state index contributed by atoms with van der Waals surface area (Å²) in [6.45, 7) is 3.97. The highest BCUT2D eigenvalue weighted by Crippen LogP contribution is 2.44. The minimum atomic E-state index is -0.888. The molecule has 2 aliphatic rings. The van der Waals surface area contributed by atoms with E-state index >= 15 is 0 Å². The number of benzene rings is 1. The van der Waals surface area contributed by atoms with E-state index in [2.05, 4.69) is 0 Å².